The van der Waals surface area contributed by atoms with Crippen LogP contribution in [0.4, 0.5) is 0 Å². The molecule has 6 heteroatoms. The van der Waals surface area contributed by atoms with Crippen molar-refractivity contribution in [2.75, 3.05) is 26.3 Å². The highest BCUT2D eigenvalue weighted by molar-refractivity contribution is 5.93. The van der Waals surface area contributed by atoms with Crippen LogP contribution in [0.5, 0.6) is 0 Å². The molecule has 0 amide bonds. The summed E-state index contributed by atoms with van der Waals surface area (Å²) >= 11 is 0. The summed E-state index contributed by atoms with van der Waals surface area (Å²) < 4.78 is 7.44. The molecule has 3 aromatic rings. The zero-order chi connectivity index (χ0) is 19.0. The maximum absolute atomic E-state index is 11.2. The predicted molar refractivity (Wildman–Crippen MR) is 104 cm³/mol. The number of hydrogen-bond acceptors (Lipinski definition) is 4. The monoisotopic (exact) mass is 365 g/mol. The Bertz CT molecular complexity index is 972. The molecule has 0 spiro atoms. The zero-order valence-corrected chi connectivity index (χ0v) is 15.6. The SMILES string of the molecule is CC(c1ccc(-c2nc3cc(C(=O)O)ccc3n2C)cc1)N1CCOCC1. The summed E-state index contributed by atoms with van der Waals surface area (Å²) in [5, 5.41) is 9.18. The number of imidazole rings is 1. The number of carboxylic acid groups (broad SMARTS) is 1. The van der Waals surface area contributed by atoms with Crippen molar-refractivity contribution in [3.05, 3.63) is 53.6 Å². The number of carboxylic acids is 1. The average Bonchev–Trinajstić information content (AvgIpc) is 3.04. The van der Waals surface area contributed by atoms with Gasteiger partial charge in [0.15, 0.2) is 0 Å². The molecule has 0 saturated carbocycles. The zero-order valence-electron chi connectivity index (χ0n) is 15.6. The quantitative estimate of drug-likeness (QED) is 0.768. The van der Waals surface area contributed by atoms with Crippen LogP contribution in [0.15, 0.2) is 42.5 Å². The first kappa shape index (κ1) is 17.7. The number of nitrogens with zero attached hydrogens (tertiary/aromatic N) is 3. The van der Waals surface area contributed by atoms with Gasteiger partial charge in [0.1, 0.15) is 5.82 Å². The lowest BCUT2D eigenvalue weighted by Crippen LogP contribution is -2.37. The lowest BCUT2D eigenvalue weighted by molar-refractivity contribution is 0.0198. The molecule has 4 rings (SSSR count). The molecule has 140 valence electrons. The third-order valence-corrected chi connectivity index (χ3v) is 5.37. The largest absolute Gasteiger partial charge is 0.478 e. The van der Waals surface area contributed by atoms with Crippen molar-refractivity contribution in [3.63, 3.8) is 0 Å². The van der Waals surface area contributed by atoms with Gasteiger partial charge in [-0.05, 0) is 30.7 Å². The van der Waals surface area contributed by atoms with E-state index >= 15 is 0 Å². The molecule has 2 aromatic carbocycles. The van der Waals surface area contributed by atoms with Crippen LogP contribution in [-0.2, 0) is 11.8 Å². The fourth-order valence-corrected chi connectivity index (χ4v) is 3.68. The molecule has 1 saturated heterocycles. The second kappa shape index (κ2) is 7.13. The summed E-state index contributed by atoms with van der Waals surface area (Å²) in [6.07, 6.45) is 0. The fourth-order valence-electron chi connectivity index (χ4n) is 3.68. The lowest BCUT2D eigenvalue weighted by Gasteiger charge is -2.32. The van der Waals surface area contributed by atoms with Crippen molar-refractivity contribution in [2.24, 2.45) is 7.05 Å². The van der Waals surface area contributed by atoms with E-state index in [1.807, 2.05) is 17.7 Å². The standard InChI is InChI=1S/C21H23N3O3/c1-14(24-9-11-27-12-10-24)15-3-5-16(6-4-15)20-22-18-13-17(21(25)26)7-8-19(18)23(20)2/h3-8,13-14H,9-12H2,1-2H3,(H,25,26). The van der Waals surface area contributed by atoms with E-state index in [1.165, 1.54) is 5.56 Å². The Morgan fingerprint density at radius 2 is 1.85 bits per heavy atom. The molecule has 0 bridgehead atoms. The number of aromatic nitrogens is 2. The Hall–Kier alpha value is -2.70. The molecule has 6 nitrogen and oxygen atoms in total. The average molecular weight is 365 g/mol. The number of fused-ring (bicyclic) bond motifs is 1. The van der Waals surface area contributed by atoms with Gasteiger partial charge >= 0.3 is 5.97 Å². The molecular formula is C21H23N3O3. The van der Waals surface area contributed by atoms with Crippen LogP contribution < -0.4 is 0 Å². The Kier molecular flexibility index (Phi) is 4.68. The molecule has 2 heterocycles. The van der Waals surface area contributed by atoms with Gasteiger partial charge in [-0.1, -0.05) is 24.3 Å². The number of benzene rings is 2. The molecule has 1 aliphatic heterocycles. The molecule has 0 radical (unpaired) electrons. The van der Waals surface area contributed by atoms with Gasteiger partial charge in [-0.3, -0.25) is 4.90 Å². The van der Waals surface area contributed by atoms with E-state index < -0.39 is 5.97 Å². The first-order chi connectivity index (χ1) is 13.0. The minimum Gasteiger partial charge on any atom is -0.478 e. The number of hydrogen-bond donors (Lipinski definition) is 1. The Morgan fingerprint density at radius 1 is 1.15 bits per heavy atom. The maximum Gasteiger partial charge on any atom is 0.335 e. The summed E-state index contributed by atoms with van der Waals surface area (Å²) in [6.45, 7) is 5.73. The van der Waals surface area contributed by atoms with Crippen LogP contribution in [0.2, 0.25) is 0 Å². The number of aryl methyl sites for hydroxylation is 1. The maximum atomic E-state index is 11.2. The van der Waals surface area contributed by atoms with E-state index in [4.69, 9.17) is 4.74 Å². The normalized spacial score (nSPS) is 16.5. The predicted octanol–water partition coefficient (Wildman–Crippen LogP) is 3.33. The van der Waals surface area contributed by atoms with Gasteiger partial charge in [0.25, 0.3) is 0 Å². The highest BCUT2D eigenvalue weighted by Crippen LogP contribution is 2.27. The first-order valence-electron chi connectivity index (χ1n) is 9.16. The van der Waals surface area contributed by atoms with E-state index in [2.05, 4.69) is 41.1 Å². The Labute approximate surface area is 158 Å². The van der Waals surface area contributed by atoms with E-state index in [-0.39, 0.29) is 5.56 Å². The molecular weight excluding hydrogens is 342 g/mol. The van der Waals surface area contributed by atoms with Crippen LogP contribution in [0, 0.1) is 0 Å². The van der Waals surface area contributed by atoms with Gasteiger partial charge in [0.05, 0.1) is 29.8 Å². The molecule has 1 N–H and O–H groups in total. The third kappa shape index (κ3) is 3.34. The van der Waals surface area contributed by atoms with Gasteiger partial charge in [0, 0.05) is 31.7 Å². The van der Waals surface area contributed by atoms with E-state index in [9.17, 15) is 9.90 Å². The molecule has 1 aromatic heterocycles. The van der Waals surface area contributed by atoms with E-state index in [0.717, 1.165) is 43.2 Å². The van der Waals surface area contributed by atoms with Crippen LogP contribution in [0.1, 0.15) is 28.9 Å². The van der Waals surface area contributed by atoms with Crippen molar-refractivity contribution < 1.29 is 14.6 Å². The smallest absolute Gasteiger partial charge is 0.335 e. The number of rotatable bonds is 4. The van der Waals surface area contributed by atoms with Crippen molar-refractivity contribution in [3.8, 4) is 11.4 Å². The van der Waals surface area contributed by atoms with Gasteiger partial charge in [-0.2, -0.15) is 0 Å². The molecule has 1 aliphatic rings. The summed E-state index contributed by atoms with van der Waals surface area (Å²) in [7, 11) is 1.95. The number of ether oxygens (including phenoxy) is 1. The third-order valence-electron chi connectivity index (χ3n) is 5.37. The molecule has 1 atom stereocenters. The number of morpholine rings is 1. The summed E-state index contributed by atoms with van der Waals surface area (Å²) in [6, 6.07) is 13.9. The highest BCUT2D eigenvalue weighted by Gasteiger charge is 2.19. The minimum absolute atomic E-state index is 0.252. The summed E-state index contributed by atoms with van der Waals surface area (Å²) in [4.78, 5) is 18.3. The minimum atomic E-state index is -0.939. The molecule has 1 unspecified atom stereocenters. The highest BCUT2D eigenvalue weighted by atomic mass is 16.5. The van der Waals surface area contributed by atoms with E-state index in [0.29, 0.717) is 11.6 Å². The fraction of sp³-hybridized carbons (Fsp3) is 0.333. The van der Waals surface area contributed by atoms with Crippen molar-refractivity contribution >= 4 is 17.0 Å². The second-order valence-electron chi connectivity index (χ2n) is 6.95. The second-order valence-corrected chi connectivity index (χ2v) is 6.95. The van der Waals surface area contributed by atoms with Crippen LogP contribution >= 0.6 is 0 Å². The van der Waals surface area contributed by atoms with Crippen molar-refractivity contribution in [2.45, 2.75) is 13.0 Å². The van der Waals surface area contributed by atoms with E-state index in [1.54, 1.807) is 12.1 Å². The lowest BCUT2D eigenvalue weighted by atomic mass is 10.0. The number of carbonyl (C=O) groups is 1. The Morgan fingerprint density at radius 3 is 2.52 bits per heavy atom. The molecule has 1 fully saturated rings. The topological polar surface area (TPSA) is 67.6 Å². The van der Waals surface area contributed by atoms with Crippen LogP contribution in [-0.4, -0.2) is 51.8 Å². The summed E-state index contributed by atoms with van der Waals surface area (Å²) in [5.41, 5.74) is 4.15. The van der Waals surface area contributed by atoms with Crippen molar-refractivity contribution in [1.29, 1.82) is 0 Å². The Balaban J connectivity index is 1.63. The van der Waals surface area contributed by atoms with Gasteiger partial charge in [-0.25, -0.2) is 9.78 Å². The van der Waals surface area contributed by atoms with Gasteiger partial charge < -0.3 is 14.4 Å². The van der Waals surface area contributed by atoms with Crippen LogP contribution in [0.3, 0.4) is 0 Å². The van der Waals surface area contributed by atoms with Crippen molar-refractivity contribution in [1.82, 2.24) is 14.5 Å². The van der Waals surface area contributed by atoms with Gasteiger partial charge in [0.2, 0.25) is 0 Å². The van der Waals surface area contributed by atoms with Gasteiger partial charge in [-0.15, -0.1) is 0 Å². The molecule has 0 aliphatic carbocycles. The first-order valence-corrected chi connectivity index (χ1v) is 9.16. The number of aromatic carboxylic acids is 1. The molecule has 27 heavy (non-hydrogen) atoms. The summed E-state index contributed by atoms with van der Waals surface area (Å²) in [5.74, 6) is -0.108. The van der Waals surface area contributed by atoms with Crippen LogP contribution in [0.25, 0.3) is 22.4 Å².